The van der Waals surface area contributed by atoms with Crippen molar-refractivity contribution in [3.8, 4) is 0 Å². The van der Waals surface area contributed by atoms with Crippen LogP contribution in [0, 0.1) is 0 Å². The van der Waals surface area contributed by atoms with Crippen molar-refractivity contribution in [1.29, 1.82) is 0 Å². The Hall–Kier alpha value is -1.32. The van der Waals surface area contributed by atoms with Gasteiger partial charge >= 0.3 is 5.97 Å². The van der Waals surface area contributed by atoms with Crippen molar-refractivity contribution in [3.63, 3.8) is 0 Å². The van der Waals surface area contributed by atoms with Gasteiger partial charge in [-0.25, -0.2) is 4.79 Å². The van der Waals surface area contributed by atoms with E-state index in [9.17, 15) is 14.4 Å². The number of ether oxygens (including phenoxy) is 1. The van der Waals surface area contributed by atoms with Gasteiger partial charge < -0.3 is 25.2 Å². The van der Waals surface area contributed by atoms with E-state index in [2.05, 4.69) is 10.6 Å². The van der Waals surface area contributed by atoms with Gasteiger partial charge in [0.2, 0.25) is 11.8 Å². The van der Waals surface area contributed by atoms with Crippen molar-refractivity contribution < 1.29 is 19.1 Å². The number of esters is 1. The van der Waals surface area contributed by atoms with E-state index >= 15 is 0 Å². The summed E-state index contributed by atoms with van der Waals surface area (Å²) in [6.07, 6.45) is 0.748. The van der Waals surface area contributed by atoms with Crippen molar-refractivity contribution in [3.05, 3.63) is 0 Å². The predicted octanol–water partition coefficient (Wildman–Crippen LogP) is -0.603. The summed E-state index contributed by atoms with van der Waals surface area (Å²) in [5.41, 5.74) is 0. The molecule has 146 valence electrons. The molecule has 2 N–H and O–H groups in total. The summed E-state index contributed by atoms with van der Waals surface area (Å²) in [6.45, 7) is 2.01. The number of carbonyl (C=O) groups is 3. The second kappa shape index (κ2) is 13.9. The Labute approximate surface area is 155 Å². The first kappa shape index (κ1) is 23.7. The topological polar surface area (TPSA) is 91.0 Å². The molecule has 0 heterocycles. The number of nitrogens with one attached hydrogen (secondary N) is 2. The van der Waals surface area contributed by atoms with Crippen molar-refractivity contribution >= 4 is 29.5 Å². The molecule has 1 atom stereocenters. The van der Waals surface area contributed by atoms with Gasteiger partial charge in [0.25, 0.3) is 0 Å². The summed E-state index contributed by atoms with van der Waals surface area (Å²) in [4.78, 5) is 39.2. The molecule has 0 aromatic heterocycles. The minimum atomic E-state index is -0.677. The lowest BCUT2D eigenvalue weighted by atomic mass is 10.2. The number of rotatable bonds is 13. The standard InChI is InChI=1S/C16H32N4O4S/c1-19(2)9-6-14(21)18-13(16(23)24-5)7-11-25-12-15(22)17-8-10-20(3)4/h13H,6-12H2,1-5H3,(H,17,22)(H,18,21)/t13-/m0/s1. The van der Waals surface area contributed by atoms with Crippen LogP contribution in [0.1, 0.15) is 12.8 Å². The summed E-state index contributed by atoms with van der Waals surface area (Å²) in [6, 6.07) is -0.677. The molecule has 0 radical (unpaired) electrons. The molecule has 0 aliphatic rings. The summed E-state index contributed by atoms with van der Waals surface area (Å²) < 4.78 is 4.74. The quantitative estimate of drug-likeness (QED) is 0.328. The molecule has 0 fully saturated rings. The molecule has 2 amide bonds. The van der Waals surface area contributed by atoms with Crippen molar-refractivity contribution in [2.24, 2.45) is 0 Å². The van der Waals surface area contributed by atoms with E-state index in [1.165, 1.54) is 18.9 Å². The van der Waals surface area contributed by atoms with E-state index in [0.29, 0.717) is 37.4 Å². The van der Waals surface area contributed by atoms with Crippen LogP contribution in [0.5, 0.6) is 0 Å². The minimum absolute atomic E-state index is 0.0310. The average Bonchev–Trinajstić information content (AvgIpc) is 2.54. The maximum atomic E-state index is 11.9. The van der Waals surface area contributed by atoms with Crippen LogP contribution in [0.2, 0.25) is 0 Å². The van der Waals surface area contributed by atoms with E-state index in [1.807, 2.05) is 38.0 Å². The van der Waals surface area contributed by atoms with Gasteiger partial charge in [-0.1, -0.05) is 0 Å². The van der Waals surface area contributed by atoms with Crippen LogP contribution >= 0.6 is 11.8 Å². The first-order chi connectivity index (χ1) is 11.8. The van der Waals surface area contributed by atoms with Gasteiger partial charge in [-0.15, -0.1) is 0 Å². The summed E-state index contributed by atoms with van der Waals surface area (Å²) in [7, 11) is 8.95. The zero-order valence-electron chi connectivity index (χ0n) is 16.0. The molecular formula is C16H32N4O4S. The van der Waals surface area contributed by atoms with Crippen LogP contribution in [0.15, 0.2) is 0 Å². The van der Waals surface area contributed by atoms with Crippen LogP contribution < -0.4 is 10.6 Å². The van der Waals surface area contributed by atoms with Gasteiger partial charge in [-0.3, -0.25) is 9.59 Å². The number of amides is 2. The fraction of sp³-hybridized carbons (Fsp3) is 0.812. The maximum Gasteiger partial charge on any atom is 0.328 e. The number of hydrogen-bond acceptors (Lipinski definition) is 7. The third kappa shape index (κ3) is 13.6. The van der Waals surface area contributed by atoms with E-state index in [0.717, 1.165) is 6.54 Å². The van der Waals surface area contributed by atoms with Gasteiger partial charge in [0.05, 0.1) is 12.9 Å². The average molecular weight is 377 g/mol. The Bertz CT molecular complexity index is 419. The fourth-order valence-electron chi connectivity index (χ4n) is 1.82. The minimum Gasteiger partial charge on any atom is -0.467 e. The number of carbonyl (C=O) groups excluding carboxylic acids is 3. The first-order valence-electron chi connectivity index (χ1n) is 8.27. The van der Waals surface area contributed by atoms with E-state index in [-0.39, 0.29) is 11.8 Å². The van der Waals surface area contributed by atoms with Crippen molar-refractivity contribution in [2.45, 2.75) is 18.9 Å². The molecule has 9 heteroatoms. The van der Waals surface area contributed by atoms with Crippen LogP contribution in [0.4, 0.5) is 0 Å². The van der Waals surface area contributed by atoms with Crippen LogP contribution in [-0.4, -0.2) is 100 Å². The number of hydrogen-bond donors (Lipinski definition) is 2. The molecule has 8 nitrogen and oxygen atoms in total. The zero-order chi connectivity index (χ0) is 19.2. The van der Waals surface area contributed by atoms with Gasteiger partial charge in [0, 0.05) is 26.1 Å². The Morgan fingerprint density at radius 2 is 1.68 bits per heavy atom. The molecule has 25 heavy (non-hydrogen) atoms. The lowest BCUT2D eigenvalue weighted by molar-refractivity contribution is -0.145. The monoisotopic (exact) mass is 376 g/mol. The number of methoxy groups -OCH3 is 1. The second-order valence-corrected chi connectivity index (χ2v) is 7.30. The predicted molar refractivity (Wildman–Crippen MR) is 101 cm³/mol. The molecule has 0 spiro atoms. The highest BCUT2D eigenvalue weighted by atomic mass is 32.2. The molecule has 0 rings (SSSR count). The van der Waals surface area contributed by atoms with Crippen LogP contribution in [-0.2, 0) is 19.1 Å². The highest BCUT2D eigenvalue weighted by Gasteiger charge is 2.21. The Morgan fingerprint density at radius 1 is 1.04 bits per heavy atom. The SMILES string of the molecule is COC(=O)[C@H](CCSCC(=O)NCCN(C)C)NC(=O)CCN(C)C. The molecule has 0 saturated heterocycles. The van der Waals surface area contributed by atoms with Gasteiger partial charge in [0.15, 0.2) is 0 Å². The summed E-state index contributed by atoms with van der Waals surface area (Å²) in [5, 5.41) is 5.53. The molecule has 0 saturated carbocycles. The Morgan fingerprint density at radius 3 is 2.24 bits per heavy atom. The summed E-state index contributed by atoms with van der Waals surface area (Å²) >= 11 is 1.43. The van der Waals surface area contributed by atoms with Crippen LogP contribution in [0.25, 0.3) is 0 Å². The highest BCUT2D eigenvalue weighted by Crippen LogP contribution is 2.06. The summed E-state index contributed by atoms with van der Waals surface area (Å²) in [5.74, 6) is 0.228. The Balaban J connectivity index is 4.09. The smallest absolute Gasteiger partial charge is 0.328 e. The van der Waals surface area contributed by atoms with Crippen molar-refractivity contribution in [2.75, 3.05) is 66.4 Å². The third-order valence-electron chi connectivity index (χ3n) is 3.27. The molecule has 0 bridgehead atoms. The molecule has 0 aliphatic carbocycles. The molecule has 0 unspecified atom stereocenters. The van der Waals surface area contributed by atoms with Gasteiger partial charge in [-0.05, 0) is 40.4 Å². The van der Waals surface area contributed by atoms with Crippen molar-refractivity contribution in [1.82, 2.24) is 20.4 Å². The van der Waals surface area contributed by atoms with E-state index in [4.69, 9.17) is 4.74 Å². The second-order valence-electron chi connectivity index (χ2n) is 6.19. The number of thioether (sulfide) groups is 1. The zero-order valence-corrected chi connectivity index (χ0v) is 16.8. The molecule has 0 aromatic rings. The number of likely N-dealkylation sites (N-methyl/N-ethyl adjacent to an activating group) is 1. The van der Waals surface area contributed by atoms with Gasteiger partial charge in [0.1, 0.15) is 6.04 Å². The number of nitrogens with zero attached hydrogens (tertiary/aromatic N) is 2. The molecule has 0 aromatic carbocycles. The third-order valence-corrected chi connectivity index (χ3v) is 4.26. The van der Waals surface area contributed by atoms with E-state index < -0.39 is 12.0 Å². The van der Waals surface area contributed by atoms with Crippen LogP contribution in [0.3, 0.4) is 0 Å². The molecular weight excluding hydrogens is 344 g/mol. The first-order valence-corrected chi connectivity index (χ1v) is 9.42. The highest BCUT2D eigenvalue weighted by molar-refractivity contribution is 7.99. The maximum absolute atomic E-state index is 11.9. The lowest BCUT2D eigenvalue weighted by Crippen LogP contribution is -2.42. The normalized spacial score (nSPS) is 12.1. The van der Waals surface area contributed by atoms with E-state index in [1.54, 1.807) is 0 Å². The largest absolute Gasteiger partial charge is 0.467 e. The van der Waals surface area contributed by atoms with Gasteiger partial charge in [-0.2, -0.15) is 11.8 Å². The Kier molecular flexibility index (Phi) is 13.2. The fourth-order valence-corrected chi connectivity index (χ4v) is 2.65. The molecule has 0 aliphatic heterocycles. The lowest BCUT2D eigenvalue weighted by Gasteiger charge is -2.17.